The van der Waals surface area contributed by atoms with Crippen LogP contribution in [0.25, 0.3) is 0 Å². The van der Waals surface area contributed by atoms with Crippen LogP contribution in [0.1, 0.15) is 18.4 Å². The number of carbonyl (C=O) groups is 1. The van der Waals surface area contributed by atoms with Crippen molar-refractivity contribution in [3.63, 3.8) is 0 Å². The first-order valence-corrected chi connectivity index (χ1v) is 4.53. The van der Waals surface area contributed by atoms with Crippen molar-refractivity contribution in [2.75, 3.05) is 14.2 Å². The Kier molecular flexibility index (Phi) is 3.65. The molecule has 1 rings (SSSR count). The maximum absolute atomic E-state index is 11.7. The normalized spacial score (nSPS) is 12.2. The molecule has 1 aromatic rings. The van der Waals surface area contributed by atoms with E-state index in [4.69, 9.17) is 4.84 Å². The highest BCUT2D eigenvalue weighted by atomic mass is 16.7. The fourth-order valence-electron chi connectivity index (χ4n) is 1.25. The molecule has 0 bridgehead atoms. The Balaban J connectivity index is 2.76. The van der Waals surface area contributed by atoms with Gasteiger partial charge in [0.05, 0.1) is 13.0 Å². The summed E-state index contributed by atoms with van der Waals surface area (Å²) in [6, 6.07) is 9.65. The zero-order valence-electron chi connectivity index (χ0n) is 8.73. The molecule has 3 heteroatoms. The lowest BCUT2D eigenvalue weighted by Crippen LogP contribution is -2.29. The summed E-state index contributed by atoms with van der Waals surface area (Å²) in [6.07, 6.45) is 0. The number of nitrogens with zero attached hydrogens (tertiary/aromatic N) is 1. The molecule has 1 atom stereocenters. The second kappa shape index (κ2) is 4.77. The average Bonchev–Trinajstić information content (AvgIpc) is 2.27. The van der Waals surface area contributed by atoms with Gasteiger partial charge in [-0.2, -0.15) is 0 Å². The first-order chi connectivity index (χ1) is 6.66. The molecular weight excluding hydrogens is 178 g/mol. The summed E-state index contributed by atoms with van der Waals surface area (Å²) >= 11 is 0. The van der Waals surface area contributed by atoms with Gasteiger partial charge in [0.1, 0.15) is 0 Å². The lowest BCUT2D eigenvalue weighted by Gasteiger charge is -2.18. The molecule has 0 radical (unpaired) electrons. The van der Waals surface area contributed by atoms with Gasteiger partial charge in [-0.3, -0.25) is 9.63 Å². The monoisotopic (exact) mass is 193 g/mol. The molecule has 0 aliphatic rings. The van der Waals surface area contributed by atoms with Crippen LogP contribution >= 0.6 is 0 Å². The third-order valence-corrected chi connectivity index (χ3v) is 2.25. The Morgan fingerprint density at radius 3 is 2.43 bits per heavy atom. The Hall–Kier alpha value is -1.35. The van der Waals surface area contributed by atoms with Crippen LogP contribution in [-0.2, 0) is 9.63 Å². The Labute approximate surface area is 84.2 Å². The van der Waals surface area contributed by atoms with Crippen molar-refractivity contribution in [2.24, 2.45) is 0 Å². The van der Waals surface area contributed by atoms with Crippen LogP contribution in [-0.4, -0.2) is 25.1 Å². The molecular formula is C11H15NO2. The van der Waals surface area contributed by atoms with Crippen LogP contribution in [0.4, 0.5) is 0 Å². The Morgan fingerprint density at radius 2 is 1.93 bits per heavy atom. The largest absolute Gasteiger partial charge is 0.275 e. The van der Waals surface area contributed by atoms with Gasteiger partial charge in [-0.05, 0) is 12.5 Å². The number of carbonyl (C=O) groups excluding carboxylic acids is 1. The van der Waals surface area contributed by atoms with E-state index < -0.39 is 0 Å². The second-order valence-electron chi connectivity index (χ2n) is 3.15. The van der Waals surface area contributed by atoms with Crippen molar-refractivity contribution in [2.45, 2.75) is 12.8 Å². The van der Waals surface area contributed by atoms with Gasteiger partial charge >= 0.3 is 0 Å². The molecule has 0 aromatic heterocycles. The smallest absolute Gasteiger partial charge is 0.253 e. The number of hydroxylamine groups is 2. The van der Waals surface area contributed by atoms with Crippen LogP contribution in [0.2, 0.25) is 0 Å². The number of hydrogen-bond acceptors (Lipinski definition) is 2. The van der Waals surface area contributed by atoms with Gasteiger partial charge in [0.25, 0.3) is 5.91 Å². The molecule has 3 nitrogen and oxygen atoms in total. The zero-order chi connectivity index (χ0) is 10.6. The van der Waals surface area contributed by atoms with Crippen molar-refractivity contribution < 1.29 is 9.63 Å². The minimum absolute atomic E-state index is 0.0429. The molecule has 76 valence electrons. The number of likely N-dealkylation sites (N-methyl/N-ethyl adjacent to an activating group) is 1. The van der Waals surface area contributed by atoms with E-state index in [1.54, 1.807) is 7.05 Å². The number of hydrogen-bond donors (Lipinski definition) is 0. The van der Waals surface area contributed by atoms with Gasteiger partial charge in [-0.25, -0.2) is 5.06 Å². The number of rotatable bonds is 3. The SMILES string of the molecule is CON(C)C(=O)[C@H](C)c1ccccc1. The lowest BCUT2D eigenvalue weighted by molar-refractivity contribution is -0.170. The van der Waals surface area contributed by atoms with Gasteiger partial charge in [-0.1, -0.05) is 30.3 Å². The predicted molar refractivity (Wildman–Crippen MR) is 54.6 cm³/mol. The van der Waals surface area contributed by atoms with E-state index in [9.17, 15) is 4.79 Å². The molecule has 0 fully saturated rings. The van der Waals surface area contributed by atoms with Crippen molar-refractivity contribution in [3.05, 3.63) is 35.9 Å². The van der Waals surface area contributed by atoms with Crippen LogP contribution in [0.15, 0.2) is 30.3 Å². The predicted octanol–water partition coefficient (Wildman–Crippen LogP) is 1.81. The van der Waals surface area contributed by atoms with Crippen molar-refractivity contribution in [1.29, 1.82) is 0 Å². The molecule has 0 N–H and O–H groups in total. The Bertz CT molecular complexity index is 297. The summed E-state index contributed by atoms with van der Waals surface area (Å²) in [5.74, 6) is -0.208. The third kappa shape index (κ3) is 2.33. The Morgan fingerprint density at radius 1 is 1.36 bits per heavy atom. The fourth-order valence-corrected chi connectivity index (χ4v) is 1.25. The number of benzene rings is 1. The molecule has 0 spiro atoms. The first kappa shape index (κ1) is 10.7. The van der Waals surface area contributed by atoms with Crippen LogP contribution in [0.5, 0.6) is 0 Å². The van der Waals surface area contributed by atoms with Gasteiger partial charge in [0.2, 0.25) is 0 Å². The van der Waals surface area contributed by atoms with E-state index in [1.807, 2.05) is 37.3 Å². The maximum atomic E-state index is 11.7. The zero-order valence-corrected chi connectivity index (χ0v) is 8.73. The molecule has 0 unspecified atom stereocenters. The van der Waals surface area contributed by atoms with Crippen LogP contribution < -0.4 is 0 Å². The molecule has 0 aliphatic carbocycles. The minimum Gasteiger partial charge on any atom is -0.275 e. The highest BCUT2D eigenvalue weighted by Crippen LogP contribution is 2.16. The van der Waals surface area contributed by atoms with E-state index in [1.165, 1.54) is 12.2 Å². The van der Waals surface area contributed by atoms with Crippen molar-refractivity contribution in [1.82, 2.24) is 5.06 Å². The van der Waals surface area contributed by atoms with Gasteiger partial charge in [0, 0.05) is 7.05 Å². The van der Waals surface area contributed by atoms with Gasteiger partial charge < -0.3 is 0 Å². The van der Waals surface area contributed by atoms with Crippen molar-refractivity contribution in [3.8, 4) is 0 Å². The lowest BCUT2D eigenvalue weighted by atomic mass is 10.0. The van der Waals surface area contributed by atoms with E-state index in [0.717, 1.165) is 5.56 Å². The minimum atomic E-state index is -0.166. The molecule has 0 heterocycles. The van der Waals surface area contributed by atoms with E-state index in [-0.39, 0.29) is 11.8 Å². The van der Waals surface area contributed by atoms with Gasteiger partial charge in [-0.15, -0.1) is 0 Å². The molecule has 1 aromatic carbocycles. The summed E-state index contributed by atoms with van der Waals surface area (Å²) in [4.78, 5) is 16.5. The molecule has 0 aliphatic heterocycles. The van der Waals surface area contributed by atoms with Gasteiger partial charge in [0.15, 0.2) is 0 Å². The topological polar surface area (TPSA) is 29.5 Å². The van der Waals surface area contributed by atoms with E-state index in [0.29, 0.717) is 0 Å². The maximum Gasteiger partial charge on any atom is 0.253 e. The highest BCUT2D eigenvalue weighted by Gasteiger charge is 2.18. The summed E-state index contributed by atoms with van der Waals surface area (Å²) < 4.78 is 0. The van der Waals surface area contributed by atoms with Crippen molar-refractivity contribution >= 4 is 5.91 Å². The standard InChI is InChI=1S/C11H15NO2/c1-9(11(13)12(2)14-3)10-7-5-4-6-8-10/h4-9H,1-3H3/t9-/m1/s1. The highest BCUT2D eigenvalue weighted by molar-refractivity contribution is 5.82. The molecule has 0 saturated heterocycles. The quantitative estimate of drug-likeness (QED) is 0.685. The summed E-state index contributed by atoms with van der Waals surface area (Å²) in [5.41, 5.74) is 1.00. The fraction of sp³-hybridized carbons (Fsp3) is 0.364. The first-order valence-electron chi connectivity index (χ1n) is 4.53. The average molecular weight is 193 g/mol. The van der Waals surface area contributed by atoms with E-state index in [2.05, 4.69) is 0 Å². The second-order valence-corrected chi connectivity index (χ2v) is 3.15. The van der Waals surface area contributed by atoms with E-state index >= 15 is 0 Å². The van der Waals surface area contributed by atoms with Crippen LogP contribution in [0.3, 0.4) is 0 Å². The summed E-state index contributed by atoms with van der Waals surface area (Å²) in [6.45, 7) is 1.87. The number of amides is 1. The van der Waals surface area contributed by atoms with Crippen LogP contribution in [0, 0.1) is 0 Å². The summed E-state index contributed by atoms with van der Waals surface area (Å²) in [5, 5.41) is 1.25. The molecule has 14 heavy (non-hydrogen) atoms. The third-order valence-electron chi connectivity index (χ3n) is 2.25. The molecule has 0 saturated carbocycles. The molecule has 1 amide bonds. The summed E-state index contributed by atoms with van der Waals surface area (Å²) in [7, 11) is 3.09.